The highest BCUT2D eigenvalue weighted by atomic mass is 35.5. The lowest BCUT2D eigenvalue weighted by Crippen LogP contribution is -2.03. The van der Waals surface area contributed by atoms with Crippen molar-refractivity contribution in [3.8, 4) is 11.6 Å². The molecule has 1 aromatic heterocycles. The molecule has 0 bridgehead atoms. The third kappa shape index (κ3) is 2.55. The van der Waals surface area contributed by atoms with Crippen molar-refractivity contribution < 1.29 is 14.3 Å². The fourth-order valence-electron chi connectivity index (χ4n) is 1.18. The van der Waals surface area contributed by atoms with Crippen molar-refractivity contribution >= 4 is 29.2 Å². The van der Waals surface area contributed by atoms with Gasteiger partial charge in [-0.05, 0) is 12.1 Å². The predicted octanol–water partition coefficient (Wildman–Crippen LogP) is 2.69. The van der Waals surface area contributed by atoms with E-state index in [2.05, 4.69) is 20.1 Å². The number of carbonyl (C=O) groups excluding carboxylic acids is 1. The normalized spacial score (nSPS) is 10.2. The van der Waals surface area contributed by atoms with Crippen LogP contribution < -0.4 is 4.74 Å². The number of esters is 1. The molecule has 1 heterocycles. The van der Waals surface area contributed by atoms with Crippen molar-refractivity contribution in [2.75, 3.05) is 7.11 Å². The molecule has 0 saturated heterocycles. The third-order valence-electron chi connectivity index (χ3n) is 2.01. The molecule has 94 valence electrons. The topological polar surface area (TPSA) is 77.1 Å². The van der Waals surface area contributed by atoms with Crippen LogP contribution in [0, 0.1) is 0 Å². The number of aromatic nitrogens is 3. The second-order valence-corrected chi connectivity index (χ2v) is 3.98. The molecule has 0 radical (unpaired) electrons. The Morgan fingerprint density at radius 3 is 2.78 bits per heavy atom. The SMILES string of the molecule is COC(=O)c1[nH]nnc1Oc1ccc(Cl)c(Cl)c1. The quantitative estimate of drug-likeness (QED) is 0.878. The van der Waals surface area contributed by atoms with Crippen LogP contribution in [-0.2, 0) is 4.74 Å². The van der Waals surface area contributed by atoms with Crippen LogP contribution in [0.25, 0.3) is 0 Å². The maximum Gasteiger partial charge on any atom is 0.361 e. The van der Waals surface area contributed by atoms with Gasteiger partial charge in [-0.1, -0.05) is 33.5 Å². The van der Waals surface area contributed by atoms with E-state index in [1.165, 1.54) is 13.2 Å². The summed E-state index contributed by atoms with van der Waals surface area (Å²) in [7, 11) is 1.24. The van der Waals surface area contributed by atoms with E-state index in [-0.39, 0.29) is 11.6 Å². The molecule has 2 aromatic rings. The summed E-state index contributed by atoms with van der Waals surface area (Å²) in [6.07, 6.45) is 0. The molecule has 2 rings (SSSR count). The number of nitrogens with zero attached hydrogens (tertiary/aromatic N) is 2. The van der Waals surface area contributed by atoms with E-state index in [0.717, 1.165) is 0 Å². The first-order chi connectivity index (χ1) is 8.61. The summed E-state index contributed by atoms with van der Waals surface area (Å²) in [5.74, 6) is -0.251. The number of aromatic amines is 1. The molecule has 0 amide bonds. The number of methoxy groups -OCH3 is 1. The van der Waals surface area contributed by atoms with E-state index in [1.54, 1.807) is 12.1 Å². The monoisotopic (exact) mass is 287 g/mol. The molecule has 1 N–H and O–H groups in total. The van der Waals surface area contributed by atoms with Gasteiger partial charge in [0.1, 0.15) is 5.75 Å². The smallest absolute Gasteiger partial charge is 0.361 e. The van der Waals surface area contributed by atoms with Crippen LogP contribution in [0.2, 0.25) is 10.0 Å². The summed E-state index contributed by atoms with van der Waals surface area (Å²) in [5, 5.41) is 10.2. The molecule has 0 aliphatic heterocycles. The van der Waals surface area contributed by atoms with E-state index in [1.807, 2.05) is 0 Å². The molecule has 8 heteroatoms. The number of hydrogen-bond donors (Lipinski definition) is 1. The highest BCUT2D eigenvalue weighted by Gasteiger charge is 2.18. The molecule has 0 atom stereocenters. The molecule has 0 saturated carbocycles. The molecule has 18 heavy (non-hydrogen) atoms. The average molecular weight is 288 g/mol. The van der Waals surface area contributed by atoms with Crippen LogP contribution in [-0.4, -0.2) is 28.5 Å². The summed E-state index contributed by atoms with van der Waals surface area (Å²) >= 11 is 11.6. The van der Waals surface area contributed by atoms with Gasteiger partial charge in [0.2, 0.25) is 5.69 Å². The lowest BCUT2D eigenvalue weighted by Gasteiger charge is -2.04. The third-order valence-corrected chi connectivity index (χ3v) is 2.75. The first-order valence-electron chi connectivity index (χ1n) is 4.74. The molecular weight excluding hydrogens is 281 g/mol. The average Bonchev–Trinajstić information content (AvgIpc) is 2.81. The molecule has 1 aromatic carbocycles. The van der Waals surface area contributed by atoms with Crippen molar-refractivity contribution in [3.63, 3.8) is 0 Å². The number of nitrogens with one attached hydrogen (secondary N) is 1. The molecule has 0 aliphatic carbocycles. The zero-order valence-electron chi connectivity index (χ0n) is 9.11. The number of H-pyrrole nitrogens is 1. The Morgan fingerprint density at radius 1 is 1.33 bits per heavy atom. The highest BCUT2D eigenvalue weighted by molar-refractivity contribution is 6.42. The van der Waals surface area contributed by atoms with E-state index in [0.29, 0.717) is 15.8 Å². The number of ether oxygens (including phenoxy) is 2. The maximum atomic E-state index is 11.3. The minimum atomic E-state index is -0.630. The van der Waals surface area contributed by atoms with Gasteiger partial charge in [-0.15, -0.1) is 0 Å². The number of carbonyl (C=O) groups is 1. The Balaban J connectivity index is 2.26. The molecule has 6 nitrogen and oxygen atoms in total. The van der Waals surface area contributed by atoms with Crippen LogP contribution in [0.1, 0.15) is 10.5 Å². The fraction of sp³-hybridized carbons (Fsp3) is 0.100. The zero-order chi connectivity index (χ0) is 13.1. The van der Waals surface area contributed by atoms with Crippen molar-refractivity contribution in [1.82, 2.24) is 15.4 Å². The van der Waals surface area contributed by atoms with Crippen molar-refractivity contribution in [3.05, 3.63) is 33.9 Å². The maximum absolute atomic E-state index is 11.3. The van der Waals surface area contributed by atoms with Crippen LogP contribution in [0.5, 0.6) is 11.6 Å². The Bertz CT molecular complexity index is 585. The van der Waals surface area contributed by atoms with Crippen molar-refractivity contribution in [1.29, 1.82) is 0 Å². The van der Waals surface area contributed by atoms with E-state index in [9.17, 15) is 4.79 Å². The molecule has 0 unspecified atom stereocenters. The van der Waals surface area contributed by atoms with Crippen LogP contribution >= 0.6 is 23.2 Å². The Labute approximate surface area is 112 Å². The molecule has 0 aliphatic rings. The zero-order valence-corrected chi connectivity index (χ0v) is 10.6. The summed E-state index contributed by atoms with van der Waals surface area (Å²) in [5.41, 5.74) is 0.0172. The second kappa shape index (κ2) is 5.24. The van der Waals surface area contributed by atoms with Crippen LogP contribution in [0.4, 0.5) is 0 Å². The lowest BCUT2D eigenvalue weighted by molar-refractivity contribution is 0.0591. The van der Waals surface area contributed by atoms with Gasteiger partial charge in [-0.25, -0.2) is 9.89 Å². The van der Waals surface area contributed by atoms with Gasteiger partial charge in [0.05, 0.1) is 17.2 Å². The minimum absolute atomic E-state index is 0.000221. The van der Waals surface area contributed by atoms with Crippen LogP contribution in [0.15, 0.2) is 18.2 Å². The van der Waals surface area contributed by atoms with Crippen LogP contribution in [0.3, 0.4) is 0 Å². The van der Waals surface area contributed by atoms with Gasteiger partial charge in [-0.3, -0.25) is 0 Å². The van der Waals surface area contributed by atoms with E-state index in [4.69, 9.17) is 27.9 Å². The lowest BCUT2D eigenvalue weighted by atomic mass is 10.3. The first-order valence-corrected chi connectivity index (χ1v) is 5.49. The van der Waals surface area contributed by atoms with Gasteiger partial charge in [0, 0.05) is 6.07 Å². The number of halogens is 2. The van der Waals surface area contributed by atoms with Gasteiger partial charge in [-0.2, -0.15) is 0 Å². The Hall–Kier alpha value is -1.79. The number of benzene rings is 1. The first kappa shape index (κ1) is 12.7. The number of rotatable bonds is 3. The van der Waals surface area contributed by atoms with Gasteiger partial charge < -0.3 is 9.47 Å². The second-order valence-electron chi connectivity index (χ2n) is 3.16. The molecule has 0 spiro atoms. The fourth-order valence-corrected chi connectivity index (χ4v) is 1.46. The summed E-state index contributed by atoms with van der Waals surface area (Å²) in [6, 6.07) is 4.65. The Kier molecular flexibility index (Phi) is 3.69. The minimum Gasteiger partial charge on any atom is -0.464 e. The van der Waals surface area contributed by atoms with Gasteiger partial charge in [0.15, 0.2) is 0 Å². The highest BCUT2D eigenvalue weighted by Crippen LogP contribution is 2.29. The summed E-state index contributed by atoms with van der Waals surface area (Å²) in [4.78, 5) is 11.3. The van der Waals surface area contributed by atoms with Crippen molar-refractivity contribution in [2.45, 2.75) is 0 Å². The largest absolute Gasteiger partial charge is 0.464 e. The van der Waals surface area contributed by atoms with Crippen molar-refractivity contribution in [2.24, 2.45) is 0 Å². The summed E-state index contributed by atoms with van der Waals surface area (Å²) in [6.45, 7) is 0. The van der Waals surface area contributed by atoms with Gasteiger partial charge in [0.25, 0.3) is 5.88 Å². The molecular formula is C10H7Cl2N3O3. The van der Waals surface area contributed by atoms with E-state index < -0.39 is 5.97 Å². The summed E-state index contributed by atoms with van der Waals surface area (Å²) < 4.78 is 9.90. The predicted molar refractivity (Wildman–Crippen MR) is 64.3 cm³/mol. The molecule has 0 fully saturated rings. The van der Waals surface area contributed by atoms with Gasteiger partial charge >= 0.3 is 5.97 Å². The number of hydrogen-bond acceptors (Lipinski definition) is 5. The van der Waals surface area contributed by atoms with E-state index >= 15 is 0 Å². The Morgan fingerprint density at radius 2 is 2.11 bits per heavy atom. The standard InChI is InChI=1S/C10H7Cl2N3O3/c1-17-10(16)8-9(14-15-13-8)18-5-2-3-6(11)7(12)4-5/h2-4H,1H3,(H,13,14,15).